The minimum absolute atomic E-state index is 0.0655. The predicted octanol–water partition coefficient (Wildman–Crippen LogP) is 1.98. The van der Waals surface area contributed by atoms with Crippen molar-refractivity contribution in [2.24, 2.45) is 5.41 Å². The van der Waals surface area contributed by atoms with Gasteiger partial charge in [0.15, 0.2) is 0 Å². The highest BCUT2D eigenvalue weighted by Gasteiger charge is 2.45. The Morgan fingerprint density at radius 1 is 1.45 bits per heavy atom. The second-order valence-electron chi connectivity index (χ2n) is 5.89. The Bertz CT molecular complexity index is 538. The SMILES string of the molecule is Cc1ccncc1NC(=O)C(=O)N(C)[C@@H](C)C1(C)CC1. The van der Waals surface area contributed by atoms with E-state index in [1.54, 1.807) is 25.5 Å². The fourth-order valence-corrected chi connectivity index (χ4v) is 2.19. The maximum Gasteiger partial charge on any atom is 0.313 e. The van der Waals surface area contributed by atoms with Crippen LogP contribution in [-0.4, -0.2) is 34.8 Å². The van der Waals surface area contributed by atoms with Crippen LogP contribution in [0.3, 0.4) is 0 Å². The molecule has 2 rings (SSSR count). The number of carbonyl (C=O) groups excluding carboxylic acids is 2. The average molecular weight is 275 g/mol. The molecular formula is C15H21N3O2. The average Bonchev–Trinajstić information content (AvgIpc) is 3.18. The lowest BCUT2D eigenvalue weighted by Crippen LogP contribution is -2.45. The largest absolute Gasteiger partial charge is 0.334 e. The normalized spacial score (nSPS) is 17.2. The van der Waals surface area contributed by atoms with E-state index in [9.17, 15) is 9.59 Å². The van der Waals surface area contributed by atoms with Crippen molar-refractivity contribution in [1.82, 2.24) is 9.88 Å². The number of hydrogen-bond donors (Lipinski definition) is 1. The summed E-state index contributed by atoms with van der Waals surface area (Å²) in [6.07, 6.45) is 5.41. The first kappa shape index (κ1) is 14.5. The molecule has 1 atom stereocenters. The molecule has 1 aromatic rings. The maximum atomic E-state index is 12.2. The van der Waals surface area contributed by atoms with Crippen molar-refractivity contribution < 1.29 is 9.59 Å². The Kier molecular flexibility index (Phi) is 3.79. The lowest BCUT2D eigenvalue weighted by Gasteiger charge is -2.29. The molecule has 1 aliphatic rings. The van der Waals surface area contributed by atoms with Crippen molar-refractivity contribution in [1.29, 1.82) is 0 Å². The van der Waals surface area contributed by atoms with Gasteiger partial charge in [0.2, 0.25) is 0 Å². The number of aromatic nitrogens is 1. The molecule has 0 bridgehead atoms. The molecule has 5 heteroatoms. The van der Waals surface area contributed by atoms with Gasteiger partial charge in [-0.15, -0.1) is 0 Å². The third kappa shape index (κ3) is 2.81. The van der Waals surface area contributed by atoms with Crippen LogP contribution in [0.2, 0.25) is 0 Å². The number of amides is 2. The summed E-state index contributed by atoms with van der Waals surface area (Å²) in [6.45, 7) is 6.00. The number of nitrogens with one attached hydrogen (secondary N) is 1. The number of carbonyl (C=O) groups is 2. The van der Waals surface area contributed by atoms with Crippen LogP contribution in [0.25, 0.3) is 0 Å². The van der Waals surface area contributed by atoms with Crippen molar-refractivity contribution in [3.8, 4) is 0 Å². The quantitative estimate of drug-likeness (QED) is 0.858. The van der Waals surface area contributed by atoms with Gasteiger partial charge in [0.05, 0.1) is 11.9 Å². The van der Waals surface area contributed by atoms with Gasteiger partial charge in [-0.2, -0.15) is 0 Å². The lowest BCUT2D eigenvalue weighted by molar-refractivity contribution is -0.144. The third-order valence-corrected chi connectivity index (χ3v) is 4.43. The van der Waals surface area contributed by atoms with Crippen LogP contribution in [0.15, 0.2) is 18.5 Å². The lowest BCUT2D eigenvalue weighted by atomic mass is 9.99. The van der Waals surface area contributed by atoms with Crippen molar-refractivity contribution in [2.45, 2.75) is 39.7 Å². The number of anilines is 1. The highest BCUT2D eigenvalue weighted by atomic mass is 16.2. The molecule has 108 valence electrons. The van der Waals surface area contributed by atoms with Gasteiger partial charge in [-0.05, 0) is 43.7 Å². The van der Waals surface area contributed by atoms with E-state index in [1.165, 1.54) is 4.90 Å². The fourth-order valence-electron chi connectivity index (χ4n) is 2.19. The number of hydrogen-bond acceptors (Lipinski definition) is 3. The summed E-state index contributed by atoms with van der Waals surface area (Å²) >= 11 is 0. The molecule has 0 unspecified atom stereocenters. The molecule has 1 heterocycles. The molecule has 0 saturated heterocycles. The van der Waals surface area contributed by atoms with E-state index in [4.69, 9.17) is 0 Å². The van der Waals surface area contributed by atoms with E-state index < -0.39 is 11.8 Å². The van der Waals surface area contributed by atoms with Crippen LogP contribution >= 0.6 is 0 Å². The van der Waals surface area contributed by atoms with Gasteiger partial charge in [-0.1, -0.05) is 6.92 Å². The minimum Gasteiger partial charge on any atom is -0.334 e. The number of likely N-dealkylation sites (N-methyl/N-ethyl adjacent to an activating group) is 1. The number of nitrogens with zero attached hydrogens (tertiary/aromatic N) is 2. The van der Waals surface area contributed by atoms with E-state index >= 15 is 0 Å². The fraction of sp³-hybridized carbons (Fsp3) is 0.533. The monoisotopic (exact) mass is 275 g/mol. The molecule has 2 amide bonds. The zero-order valence-corrected chi connectivity index (χ0v) is 12.4. The molecule has 0 radical (unpaired) electrons. The summed E-state index contributed by atoms with van der Waals surface area (Å²) in [5.41, 5.74) is 1.62. The number of pyridine rings is 1. The Balaban J connectivity index is 2.02. The molecule has 1 aliphatic carbocycles. The summed E-state index contributed by atoms with van der Waals surface area (Å²) < 4.78 is 0. The van der Waals surface area contributed by atoms with E-state index in [2.05, 4.69) is 17.2 Å². The summed E-state index contributed by atoms with van der Waals surface area (Å²) in [4.78, 5) is 29.7. The van der Waals surface area contributed by atoms with Crippen molar-refractivity contribution >= 4 is 17.5 Å². The summed E-state index contributed by atoms with van der Waals surface area (Å²) in [5.74, 6) is -1.12. The molecule has 0 spiro atoms. The summed E-state index contributed by atoms with van der Waals surface area (Å²) in [7, 11) is 1.69. The predicted molar refractivity (Wildman–Crippen MR) is 77.2 cm³/mol. The van der Waals surface area contributed by atoms with Crippen LogP contribution in [0.1, 0.15) is 32.3 Å². The molecule has 0 aromatic carbocycles. The summed E-state index contributed by atoms with van der Waals surface area (Å²) in [5, 5.41) is 2.62. The van der Waals surface area contributed by atoms with Gasteiger partial charge in [-0.25, -0.2) is 0 Å². The second kappa shape index (κ2) is 5.23. The molecule has 1 fully saturated rings. The van der Waals surface area contributed by atoms with E-state index in [0.717, 1.165) is 18.4 Å². The molecule has 20 heavy (non-hydrogen) atoms. The molecular weight excluding hydrogens is 254 g/mol. The van der Waals surface area contributed by atoms with Gasteiger partial charge >= 0.3 is 11.8 Å². The number of rotatable bonds is 3. The first-order valence-corrected chi connectivity index (χ1v) is 6.84. The second-order valence-corrected chi connectivity index (χ2v) is 5.89. The number of aryl methyl sites for hydroxylation is 1. The van der Waals surface area contributed by atoms with Crippen molar-refractivity contribution in [2.75, 3.05) is 12.4 Å². The van der Waals surface area contributed by atoms with Crippen molar-refractivity contribution in [3.63, 3.8) is 0 Å². The van der Waals surface area contributed by atoms with E-state index in [1.807, 2.05) is 13.8 Å². The third-order valence-electron chi connectivity index (χ3n) is 4.43. The van der Waals surface area contributed by atoms with Crippen LogP contribution in [0, 0.1) is 12.3 Å². The Morgan fingerprint density at radius 2 is 2.10 bits per heavy atom. The van der Waals surface area contributed by atoms with Gasteiger partial charge < -0.3 is 10.2 Å². The highest BCUT2D eigenvalue weighted by Crippen LogP contribution is 2.49. The summed E-state index contributed by atoms with van der Waals surface area (Å²) in [6, 6.07) is 1.85. The maximum absolute atomic E-state index is 12.2. The molecule has 5 nitrogen and oxygen atoms in total. The Hall–Kier alpha value is -1.91. The van der Waals surface area contributed by atoms with E-state index in [-0.39, 0.29) is 11.5 Å². The van der Waals surface area contributed by atoms with E-state index in [0.29, 0.717) is 5.69 Å². The Labute approximate surface area is 119 Å². The van der Waals surface area contributed by atoms with Crippen LogP contribution in [0.5, 0.6) is 0 Å². The van der Waals surface area contributed by atoms with Gasteiger partial charge in [0.1, 0.15) is 0 Å². The first-order chi connectivity index (χ1) is 9.35. The molecule has 1 N–H and O–H groups in total. The first-order valence-electron chi connectivity index (χ1n) is 6.84. The van der Waals surface area contributed by atoms with Gasteiger partial charge in [-0.3, -0.25) is 14.6 Å². The van der Waals surface area contributed by atoms with Crippen LogP contribution in [0.4, 0.5) is 5.69 Å². The minimum atomic E-state index is -0.611. The topological polar surface area (TPSA) is 62.3 Å². The highest BCUT2D eigenvalue weighted by molar-refractivity contribution is 6.39. The zero-order chi connectivity index (χ0) is 14.9. The molecule has 1 saturated carbocycles. The van der Waals surface area contributed by atoms with Gasteiger partial charge in [0, 0.05) is 19.3 Å². The smallest absolute Gasteiger partial charge is 0.313 e. The van der Waals surface area contributed by atoms with Crippen LogP contribution < -0.4 is 5.32 Å². The van der Waals surface area contributed by atoms with Crippen molar-refractivity contribution in [3.05, 3.63) is 24.0 Å². The molecule has 0 aliphatic heterocycles. The standard InChI is InChI=1S/C15H21N3O2/c1-10-5-8-16-9-12(10)17-13(19)14(20)18(4)11(2)15(3)6-7-15/h5,8-9,11H,6-7H2,1-4H3,(H,17,19)/t11-/m0/s1. The molecule has 1 aromatic heterocycles. The van der Waals surface area contributed by atoms with Gasteiger partial charge in [0.25, 0.3) is 0 Å². The van der Waals surface area contributed by atoms with Crippen LogP contribution in [-0.2, 0) is 9.59 Å². The Morgan fingerprint density at radius 3 is 2.65 bits per heavy atom. The zero-order valence-electron chi connectivity index (χ0n) is 12.4.